The molecule has 7 N–H and O–H groups in total. The molecule has 7 rings (SSSR count). The average molecular weight is 751 g/mol. The van der Waals surface area contributed by atoms with Crippen molar-refractivity contribution in [3.63, 3.8) is 0 Å². The van der Waals surface area contributed by atoms with Crippen LogP contribution in [0.1, 0.15) is 106 Å². The van der Waals surface area contributed by atoms with Crippen LogP contribution in [0.3, 0.4) is 0 Å². The van der Waals surface area contributed by atoms with Gasteiger partial charge in [-0.3, -0.25) is 9.59 Å². The molecule has 0 spiro atoms. The molecule has 18 atom stereocenters. The van der Waals surface area contributed by atoms with E-state index in [0.29, 0.717) is 43.9 Å². The summed E-state index contributed by atoms with van der Waals surface area (Å²) in [6.45, 7) is 12.3. The van der Waals surface area contributed by atoms with Gasteiger partial charge in [-0.05, 0) is 118 Å². The van der Waals surface area contributed by atoms with Gasteiger partial charge in [-0.2, -0.15) is 0 Å². The molecule has 0 unspecified atom stereocenters. The Hall–Kier alpha value is -1.68. The molecule has 0 radical (unpaired) electrons. The van der Waals surface area contributed by atoms with Gasteiger partial charge < -0.3 is 54.7 Å². The highest BCUT2D eigenvalue weighted by Crippen LogP contribution is 2.72. The lowest BCUT2D eigenvalue weighted by molar-refractivity contribution is -0.364. The average Bonchev–Trinajstić information content (AvgIpc) is 3.10. The third-order valence-electron chi connectivity index (χ3n) is 16.3. The molecule has 0 aromatic heterocycles. The minimum absolute atomic E-state index is 0.0486. The van der Waals surface area contributed by atoms with Gasteiger partial charge >= 0.3 is 11.9 Å². The number of carbonyl (C=O) groups is 2. The summed E-state index contributed by atoms with van der Waals surface area (Å²) >= 11 is 0. The van der Waals surface area contributed by atoms with Crippen molar-refractivity contribution in [3.8, 4) is 0 Å². The van der Waals surface area contributed by atoms with Crippen LogP contribution in [0.15, 0.2) is 11.6 Å². The zero-order chi connectivity index (χ0) is 38.6. The first-order valence-electron chi connectivity index (χ1n) is 19.9. The summed E-state index contributed by atoms with van der Waals surface area (Å²) < 4.78 is 24.3. The highest BCUT2D eigenvalue weighted by Gasteiger charge is 2.67. The van der Waals surface area contributed by atoms with E-state index in [1.54, 1.807) is 6.92 Å². The van der Waals surface area contributed by atoms with Crippen LogP contribution in [0.2, 0.25) is 0 Å². The predicted octanol–water partition coefficient (Wildman–Crippen LogP) is 3.22. The fourth-order valence-corrected chi connectivity index (χ4v) is 12.9. The molecule has 2 saturated heterocycles. The molecule has 0 aromatic carbocycles. The van der Waals surface area contributed by atoms with Crippen LogP contribution in [0.25, 0.3) is 0 Å². The molecule has 300 valence electrons. The lowest BCUT2D eigenvalue weighted by Gasteiger charge is -2.67. The van der Waals surface area contributed by atoms with Crippen LogP contribution in [0.5, 0.6) is 0 Å². The Morgan fingerprint density at radius 1 is 0.774 bits per heavy atom. The van der Waals surface area contributed by atoms with Gasteiger partial charge in [0.25, 0.3) is 0 Å². The first kappa shape index (κ1) is 39.6. The standard InChI is InChI=1S/C40H62O13/c1-19-27(42)29(44)30(45)32(51-19)53-31-28(43)24(41)18-50-33(31)52-26-11-12-39(6)21-7-8-22-23-17-37(4,34(46)47)13-15-40(23,35(48)49)16-14-38(22,5)20(21)9-10-25(39)36(26,2)3/h8,19-21,23-33,41-45H,7,9-18H2,1-6H3,(H,46,47)(H,48,49)/t19-,20+,21-,23-,24-,25-,26-,27-,28-,29+,30+,31+,32-,33-,37+,38-,39+,40-/m0/s1. The summed E-state index contributed by atoms with van der Waals surface area (Å²) in [4.78, 5) is 25.4. The van der Waals surface area contributed by atoms with E-state index in [9.17, 15) is 45.3 Å². The van der Waals surface area contributed by atoms with Gasteiger partial charge in [0, 0.05) is 0 Å². The Morgan fingerprint density at radius 3 is 2.15 bits per heavy atom. The molecule has 13 nitrogen and oxygen atoms in total. The van der Waals surface area contributed by atoms with Crippen molar-refractivity contribution in [2.24, 2.45) is 50.7 Å². The van der Waals surface area contributed by atoms with Gasteiger partial charge in [-0.1, -0.05) is 39.3 Å². The van der Waals surface area contributed by atoms with Crippen LogP contribution in [0, 0.1) is 50.7 Å². The number of rotatable bonds is 6. The van der Waals surface area contributed by atoms with Crippen molar-refractivity contribution in [1.29, 1.82) is 0 Å². The number of aliphatic carboxylic acids is 2. The van der Waals surface area contributed by atoms with Gasteiger partial charge in [-0.15, -0.1) is 0 Å². The van der Waals surface area contributed by atoms with Gasteiger partial charge in [0.2, 0.25) is 0 Å². The number of hydrogen-bond acceptors (Lipinski definition) is 11. The van der Waals surface area contributed by atoms with E-state index in [1.807, 2.05) is 0 Å². The monoisotopic (exact) mass is 750 g/mol. The second kappa shape index (κ2) is 13.5. The Kier molecular flexibility index (Phi) is 10.1. The number of hydrogen-bond donors (Lipinski definition) is 7. The van der Waals surface area contributed by atoms with E-state index >= 15 is 0 Å². The molecule has 7 aliphatic rings. The van der Waals surface area contributed by atoms with E-state index in [-0.39, 0.29) is 40.8 Å². The zero-order valence-corrected chi connectivity index (χ0v) is 32.0. The van der Waals surface area contributed by atoms with Gasteiger partial charge in [-0.25, -0.2) is 0 Å². The van der Waals surface area contributed by atoms with Crippen LogP contribution in [-0.4, -0.2) is 116 Å². The fraction of sp³-hybridized carbons (Fsp3) is 0.900. The number of aliphatic hydroxyl groups is 5. The number of aliphatic hydroxyl groups excluding tert-OH is 5. The maximum absolute atomic E-state index is 13.0. The summed E-state index contributed by atoms with van der Waals surface area (Å²) in [7, 11) is 0. The first-order valence-corrected chi connectivity index (χ1v) is 19.9. The summed E-state index contributed by atoms with van der Waals surface area (Å²) in [6, 6.07) is 0. The number of carboxylic acid groups (broad SMARTS) is 2. The molecule has 5 aliphatic carbocycles. The summed E-state index contributed by atoms with van der Waals surface area (Å²) in [6.07, 6.45) is -2.97. The molecular formula is C40H62O13. The third-order valence-corrected chi connectivity index (χ3v) is 16.3. The van der Waals surface area contributed by atoms with Crippen molar-refractivity contribution in [2.45, 2.75) is 167 Å². The lowest BCUT2D eigenvalue weighted by Crippen LogP contribution is -2.64. The van der Waals surface area contributed by atoms with Crippen molar-refractivity contribution >= 4 is 11.9 Å². The number of fused-ring (bicyclic) bond motifs is 7. The first-order chi connectivity index (χ1) is 24.7. The molecule has 13 heteroatoms. The molecule has 2 heterocycles. The predicted molar refractivity (Wildman–Crippen MR) is 188 cm³/mol. The second-order valence-corrected chi connectivity index (χ2v) is 19.3. The topological polar surface area (TPSA) is 213 Å². The molecule has 53 heavy (non-hydrogen) atoms. The number of ether oxygens (including phenoxy) is 4. The molecular weight excluding hydrogens is 688 g/mol. The Bertz CT molecular complexity index is 1470. The van der Waals surface area contributed by atoms with Gasteiger partial charge in [0.1, 0.15) is 36.6 Å². The summed E-state index contributed by atoms with van der Waals surface area (Å²) in [5.41, 5.74) is -1.28. The Balaban J connectivity index is 1.12. The quantitative estimate of drug-likeness (QED) is 0.154. The van der Waals surface area contributed by atoms with Crippen molar-refractivity contribution < 1.29 is 64.3 Å². The molecule has 0 bridgehead atoms. The zero-order valence-electron chi connectivity index (χ0n) is 32.0. The largest absolute Gasteiger partial charge is 0.481 e. The van der Waals surface area contributed by atoms with E-state index in [4.69, 9.17) is 18.9 Å². The van der Waals surface area contributed by atoms with Crippen molar-refractivity contribution in [3.05, 3.63) is 11.6 Å². The summed E-state index contributed by atoms with van der Waals surface area (Å²) in [5.74, 6) is -0.967. The molecule has 0 amide bonds. The minimum atomic E-state index is -1.61. The van der Waals surface area contributed by atoms with Crippen LogP contribution >= 0.6 is 0 Å². The van der Waals surface area contributed by atoms with Crippen molar-refractivity contribution in [2.75, 3.05) is 6.61 Å². The number of carboxylic acids is 2. The van der Waals surface area contributed by atoms with Crippen LogP contribution in [0.4, 0.5) is 0 Å². The number of allylic oxidation sites excluding steroid dienone is 2. The van der Waals surface area contributed by atoms with Gasteiger partial charge in [0.05, 0.1) is 29.6 Å². The Morgan fingerprint density at radius 2 is 1.47 bits per heavy atom. The maximum Gasteiger partial charge on any atom is 0.310 e. The minimum Gasteiger partial charge on any atom is -0.481 e. The highest BCUT2D eigenvalue weighted by molar-refractivity contribution is 5.79. The normalized spacial score (nSPS) is 53.6. The van der Waals surface area contributed by atoms with Crippen molar-refractivity contribution in [1.82, 2.24) is 0 Å². The highest BCUT2D eigenvalue weighted by atomic mass is 16.8. The van der Waals surface area contributed by atoms with E-state index in [2.05, 4.69) is 33.8 Å². The van der Waals surface area contributed by atoms with Gasteiger partial charge in [0.15, 0.2) is 12.6 Å². The lowest BCUT2D eigenvalue weighted by atomic mass is 9.38. The molecule has 4 saturated carbocycles. The Labute approximate surface area is 312 Å². The third kappa shape index (κ3) is 5.97. The fourth-order valence-electron chi connectivity index (χ4n) is 12.9. The van der Waals surface area contributed by atoms with Crippen LogP contribution in [-0.2, 0) is 28.5 Å². The van der Waals surface area contributed by atoms with E-state index < -0.39 is 78.1 Å². The molecule has 6 fully saturated rings. The smallest absolute Gasteiger partial charge is 0.310 e. The molecule has 0 aromatic rings. The summed E-state index contributed by atoms with van der Waals surface area (Å²) in [5, 5.41) is 73.6. The second-order valence-electron chi connectivity index (χ2n) is 19.3. The SMILES string of the molecule is C[C@@H]1O[C@@H](O[C@H]2[C@H](O[C@H]3CC[C@]4(C)[C@H]5CC=C6[C@@H]7C[C@](C)(C(=O)O)CC[C@]7(C(=O)O)CC[C@@]6(C)[C@@H]5CC[C@H]4C3(C)C)OC[C@H](O)[C@@H]2O)[C@H](O)[C@H](O)[C@H]1O. The van der Waals surface area contributed by atoms with Crippen LogP contribution < -0.4 is 0 Å². The van der Waals surface area contributed by atoms with E-state index in [0.717, 1.165) is 32.1 Å². The van der Waals surface area contributed by atoms with E-state index in [1.165, 1.54) is 12.5 Å². The maximum atomic E-state index is 13.0. The molecule has 2 aliphatic heterocycles.